The van der Waals surface area contributed by atoms with E-state index in [1.807, 2.05) is 12.1 Å². The molecule has 3 rings (SSSR count). The first kappa shape index (κ1) is 13.3. The average molecular weight is 270 g/mol. The maximum Gasteiger partial charge on any atom is 0.123 e. The van der Waals surface area contributed by atoms with Crippen molar-refractivity contribution >= 4 is 0 Å². The Kier molecular flexibility index (Phi) is 3.55. The Balaban J connectivity index is 2.03. The largest absolute Gasteiger partial charge is 0.271 e. The summed E-state index contributed by atoms with van der Waals surface area (Å²) >= 11 is 0. The topological polar surface area (TPSA) is 38.0 Å². The molecule has 1 unspecified atom stereocenters. The van der Waals surface area contributed by atoms with E-state index in [2.05, 4.69) is 29.7 Å². The van der Waals surface area contributed by atoms with Crippen molar-refractivity contribution in [1.29, 1.82) is 0 Å². The number of nitrogens with two attached hydrogens (primary N) is 1. The molecule has 20 heavy (non-hydrogen) atoms. The summed E-state index contributed by atoms with van der Waals surface area (Å²) in [6.45, 7) is 0. The van der Waals surface area contributed by atoms with Crippen LogP contribution in [0.25, 0.3) is 0 Å². The van der Waals surface area contributed by atoms with Gasteiger partial charge in [-0.2, -0.15) is 0 Å². The Morgan fingerprint density at radius 3 is 2.35 bits per heavy atom. The summed E-state index contributed by atoms with van der Waals surface area (Å²) in [7, 11) is 0. The summed E-state index contributed by atoms with van der Waals surface area (Å²) in [6, 6.07) is 17.1. The summed E-state index contributed by atoms with van der Waals surface area (Å²) in [5.41, 5.74) is 5.09. The van der Waals surface area contributed by atoms with Crippen LogP contribution in [0.5, 0.6) is 0 Å². The third kappa shape index (κ3) is 2.13. The van der Waals surface area contributed by atoms with Crippen LogP contribution in [0.1, 0.15) is 36.4 Å². The summed E-state index contributed by atoms with van der Waals surface area (Å²) in [5.74, 6) is 5.60. The first-order valence-electron chi connectivity index (χ1n) is 7.03. The molecule has 1 atom stereocenters. The zero-order valence-electron chi connectivity index (χ0n) is 11.4. The minimum absolute atomic E-state index is 0.0240. The first-order chi connectivity index (χ1) is 9.76. The van der Waals surface area contributed by atoms with Gasteiger partial charge in [0.1, 0.15) is 5.82 Å². The van der Waals surface area contributed by atoms with Crippen LogP contribution >= 0.6 is 0 Å². The van der Waals surface area contributed by atoms with Crippen molar-refractivity contribution < 1.29 is 4.39 Å². The summed E-state index contributed by atoms with van der Waals surface area (Å²) in [4.78, 5) is 0. The van der Waals surface area contributed by atoms with E-state index in [9.17, 15) is 4.39 Å². The molecule has 0 aliphatic heterocycles. The van der Waals surface area contributed by atoms with E-state index >= 15 is 0 Å². The van der Waals surface area contributed by atoms with Gasteiger partial charge < -0.3 is 0 Å². The Bertz CT molecular complexity index is 579. The second kappa shape index (κ2) is 5.35. The van der Waals surface area contributed by atoms with Crippen molar-refractivity contribution in [2.24, 2.45) is 5.84 Å². The fourth-order valence-electron chi connectivity index (χ4n) is 3.33. The second-order valence-electron chi connectivity index (χ2n) is 5.53. The van der Waals surface area contributed by atoms with E-state index in [1.54, 1.807) is 12.1 Å². The average Bonchev–Trinajstić information content (AvgIpc) is 2.43. The summed E-state index contributed by atoms with van der Waals surface area (Å²) in [5, 5.41) is 0. The predicted molar refractivity (Wildman–Crippen MR) is 78.4 cm³/mol. The highest BCUT2D eigenvalue weighted by Crippen LogP contribution is 2.51. The van der Waals surface area contributed by atoms with Gasteiger partial charge in [-0.3, -0.25) is 11.3 Å². The van der Waals surface area contributed by atoms with Gasteiger partial charge in [0.05, 0.1) is 6.04 Å². The molecule has 3 heteroatoms. The minimum Gasteiger partial charge on any atom is -0.271 e. The van der Waals surface area contributed by atoms with Crippen molar-refractivity contribution in [3.05, 3.63) is 71.5 Å². The van der Waals surface area contributed by atoms with Gasteiger partial charge in [0.15, 0.2) is 0 Å². The zero-order valence-corrected chi connectivity index (χ0v) is 11.4. The standard InChI is InChI=1S/C17H19FN2/c18-15-9-4-6-13(12-15)16(20-19)17(10-5-11-17)14-7-2-1-3-8-14/h1-4,6-9,12,16,20H,5,10-11,19H2. The Morgan fingerprint density at radius 2 is 1.80 bits per heavy atom. The highest BCUT2D eigenvalue weighted by Gasteiger charge is 2.45. The van der Waals surface area contributed by atoms with E-state index in [-0.39, 0.29) is 17.3 Å². The highest BCUT2D eigenvalue weighted by atomic mass is 19.1. The molecule has 1 aliphatic carbocycles. The molecule has 1 saturated carbocycles. The van der Waals surface area contributed by atoms with Gasteiger partial charge in [0.2, 0.25) is 0 Å². The molecule has 1 aliphatic rings. The molecule has 3 N–H and O–H groups in total. The lowest BCUT2D eigenvalue weighted by Crippen LogP contribution is -2.48. The van der Waals surface area contributed by atoms with E-state index < -0.39 is 0 Å². The van der Waals surface area contributed by atoms with Crippen LogP contribution in [-0.4, -0.2) is 0 Å². The SMILES string of the molecule is NNC(c1cccc(F)c1)C1(c2ccccc2)CCC1. The number of benzene rings is 2. The number of hydrogen-bond donors (Lipinski definition) is 2. The molecular weight excluding hydrogens is 251 g/mol. The number of hydrogen-bond acceptors (Lipinski definition) is 2. The van der Waals surface area contributed by atoms with E-state index in [0.717, 1.165) is 18.4 Å². The molecule has 2 aromatic rings. The monoisotopic (exact) mass is 270 g/mol. The fraction of sp³-hybridized carbons (Fsp3) is 0.294. The van der Waals surface area contributed by atoms with Crippen molar-refractivity contribution in [1.82, 2.24) is 5.43 Å². The lowest BCUT2D eigenvalue weighted by molar-refractivity contribution is 0.170. The van der Waals surface area contributed by atoms with Gasteiger partial charge in [-0.1, -0.05) is 48.9 Å². The van der Waals surface area contributed by atoms with E-state index in [0.29, 0.717) is 0 Å². The van der Waals surface area contributed by atoms with Gasteiger partial charge in [0.25, 0.3) is 0 Å². The highest BCUT2D eigenvalue weighted by molar-refractivity contribution is 5.35. The Labute approximate surface area is 118 Å². The maximum atomic E-state index is 13.5. The van der Waals surface area contributed by atoms with Gasteiger partial charge in [-0.25, -0.2) is 4.39 Å². The van der Waals surface area contributed by atoms with Crippen LogP contribution < -0.4 is 11.3 Å². The third-order valence-electron chi connectivity index (χ3n) is 4.50. The molecule has 1 fully saturated rings. The molecule has 0 amide bonds. The van der Waals surface area contributed by atoms with E-state index in [1.165, 1.54) is 18.1 Å². The normalized spacial score (nSPS) is 18.3. The quantitative estimate of drug-likeness (QED) is 0.659. The second-order valence-corrected chi connectivity index (χ2v) is 5.53. The molecule has 0 heterocycles. The molecule has 0 aromatic heterocycles. The van der Waals surface area contributed by atoms with Crippen LogP contribution in [-0.2, 0) is 5.41 Å². The number of rotatable bonds is 4. The van der Waals surface area contributed by atoms with Gasteiger partial charge in [0, 0.05) is 5.41 Å². The molecule has 0 saturated heterocycles. The van der Waals surface area contributed by atoms with Crippen LogP contribution in [0.4, 0.5) is 4.39 Å². The lowest BCUT2D eigenvalue weighted by atomic mass is 9.59. The number of hydrazine groups is 1. The van der Waals surface area contributed by atoms with Crippen molar-refractivity contribution in [2.45, 2.75) is 30.7 Å². The third-order valence-corrected chi connectivity index (χ3v) is 4.50. The predicted octanol–water partition coefficient (Wildman–Crippen LogP) is 3.45. The van der Waals surface area contributed by atoms with Gasteiger partial charge in [-0.15, -0.1) is 0 Å². The molecule has 2 nitrogen and oxygen atoms in total. The Morgan fingerprint density at radius 1 is 1.05 bits per heavy atom. The molecule has 2 aromatic carbocycles. The smallest absolute Gasteiger partial charge is 0.123 e. The zero-order chi connectivity index (χ0) is 14.0. The molecular formula is C17H19FN2. The van der Waals surface area contributed by atoms with Gasteiger partial charge in [-0.05, 0) is 36.1 Å². The first-order valence-corrected chi connectivity index (χ1v) is 7.03. The van der Waals surface area contributed by atoms with E-state index in [4.69, 9.17) is 5.84 Å². The summed E-state index contributed by atoms with van der Waals surface area (Å²) in [6.07, 6.45) is 3.33. The lowest BCUT2D eigenvalue weighted by Gasteiger charge is -2.48. The maximum absolute atomic E-state index is 13.5. The molecule has 0 bridgehead atoms. The summed E-state index contributed by atoms with van der Waals surface area (Å²) < 4.78 is 13.5. The molecule has 0 spiro atoms. The van der Waals surface area contributed by atoms with Crippen molar-refractivity contribution in [2.75, 3.05) is 0 Å². The minimum atomic E-state index is -0.217. The molecule has 0 radical (unpaired) electrons. The number of halogens is 1. The van der Waals surface area contributed by atoms with Crippen molar-refractivity contribution in [3.8, 4) is 0 Å². The van der Waals surface area contributed by atoms with Gasteiger partial charge >= 0.3 is 0 Å². The van der Waals surface area contributed by atoms with Crippen LogP contribution in [0.3, 0.4) is 0 Å². The Hall–Kier alpha value is -1.71. The number of nitrogens with one attached hydrogen (secondary N) is 1. The molecule has 104 valence electrons. The van der Waals surface area contributed by atoms with Crippen LogP contribution in [0, 0.1) is 5.82 Å². The van der Waals surface area contributed by atoms with Crippen LogP contribution in [0.15, 0.2) is 54.6 Å². The van der Waals surface area contributed by atoms with Crippen LogP contribution in [0.2, 0.25) is 0 Å². The van der Waals surface area contributed by atoms with Crippen molar-refractivity contribution in [3.63, 3.8) is 0 Å². The fourth-order valence-corrected chi connectivity index (χ4v) is 3.33.